The number of pyridine rings is 1. The fraction of sp³-hybridized carbons (Fsp3) is 0.227. The lowest BCUT2D eigenvalue weighted by Crippen LogP contribution is -2.35. The van der Waals surface area contributed by atoms with Crippen molar-refractivity contribution in [2.45, 2.75) is 26.8 Å². The molecule has 30 heavy (non-hydrogen) atoms. The molecule has 1 aromatic carbocycles. The molecule has 4 aromatic rings. The van der Waals surface area contributed by atoms with Crippen LogP contribution in [-0.2, 0) is 13.0 Å². The second-order valence-electron chi connectivity index (χ2n) is 7.04. The van der Waals surface area contributed by atoms with Crippen molar-refractivity contribution in [2.75, 3.05) is 6.54 Å². The van der Waals surface area contributed by atoms with E-state index >= 15 is 0 Å². The largest absolute Gasteiger partial charge is 0.351 e. The van der Waals surface area contributed by atoms with E-state index in [2.05, 4.69) is 20.3 Å². The molecule has 4 rings (SSSR count). The van der Waals surface area contributed by atoms with Crippen molar-refractivity contribution >= 4 is 27.5 Å². The summed E-state index contributed by atoms with van der Waals surface area (Å²) in [5.41, 5.74) is 2.89. The summed E-state index contributed by atoms with van der Waals surface area (Å²) in [5, 5.41) is 3.81. The van der Waals surface area contributed by atoms with Crippen LogP contribution in [0.25, 0.3) is 10.2 Å². The highest BCUT2D eigenvalue weighted by atomic mass is 32.1. The SMILES string of the molecule is Cc1cnc(Cn2ccc(C)c(C(=O)NCCc3nc4ccccc4s3)c2=O)cn1. The Morgan fingerprint density at radius 3 is 2.73 bits per heavy atom. The van der Waals surface area contributed by atoms with Gasteiger partial charge in [0.25, 0.3) is 11.5 Å². The Labute approximate surface area is 177 Å². The van der Waals surface area contributed by atoms with Crippen LogP contribution in [0.15, 0.2) is 53.7 Å². The summed E-state index contributed by atoms with van der Waals surface area (Å²) in [5.74, 6) is -0.372. The molecule has 0 radical (unpaired) electrons. The van der Waals surface area contributed by atoms with Crippen LogP contribution in [-0.4, -0.2) is 32.0 Å². The van der Waals surface area contributed by atoms with Crippen LogP contribution < -0.4 is 10.9 Å². The first-order valence-electron chi connectivity index (χ1n) is 9.61. The minimum absolute atomic E-state index is 0.155. The van der Waals surface area contributed by atoms with Crippen LogP contribution in [0.3, 0.4) is 0 Å². The van der Waals surface area contributed by atoms with E-state index < -0.39 is 0 Å². The smallest absolute Gasteiger partial charge is 0.264 e. The van der Waals surface area contributed by atoms with Gasteiger partial charge in [-0.3, -0.25) is 19.6 Å². The van der Waals surface area contributed by atoms with Gasteiger partial charge in [0.2, 0.25) is 0 Å². The van der Waals surface area contributed by atoms with Gasteiger partial charge in [-0.1, -0.05) is 12.1 Å². The monoisotopic (exact) mass is 419 g/mol. The molecule has 0 aliphatic heterocycles. The van der Waals surface area contributed by atoms with Gasteiger partial charge in [-0.2, -0.15) is 0 Å². The molecule has 0 unspecified atom stereocenters. The average Bonchev–Trinajstić information content (AvgIpc) is 3.14. The third-order valence-corrected chi connectivity index (χ3v) is 5.83. The Balaban J connectivity index is 1.46. The van der Waals surface area contributed by atoms with E-state index in [0.29, 0.717) is 24.2 Å². The lowest BCUT2D eigenvalue weighted by atomic mass is 10.1. The summed E-state index contributed by atoms with van der Waals surface area (Å²) < 4.78 is 2.61. The van der Waals surface area contributed by atoms with Crippen LogP contribution in [0.1, 0.15) is 32.3 Å². The summed E-state index contributed by atoms with van der Waals surface area (Å²) in [7, 11) is 0. The highest BCUT2D eigenvalue weighted by Crippen LogP contribution is 2.21. The third-order valence-electron chi connectivity index (χ3n) is 4.73. The first kappa shape index (κ1) is 19.9. The maximum Gasteiger partial charge on any atom is 0.264 e. The molecule has 1 N–H and O–H groups in total. The van der Waals surface area contributed by atoms with E-state index in [1.165, 1.54) is 4.57 Å². The lowest BCUT2D eigenvalue weighted by molar-refractivity contribution is 0.0951. The van der Waals surface area contributed by atoms with E-state index in [0.717, 1.165) is 20.9 Å². The maximum absolute atomic E-state index is 12.9. The van der Waals surface area contributed by atoms with Crippen LogP contribution in [0, 0.1) is 13.8 Å². The molecular formula is C22H21N5O2S. The van der Waals surface area contributed by atoms with Crippen molar-refractivity contribution in [3.63, 3.8) is 0 Å². The maximum atomic E-state index is 12.9. The van der Waals surface area contributed by atoms with Gasteiger partial charge in [0, 0.05) is 25.4 Å². The van der Waals surface area contributed by atoms with Crippen molar-refractivity contribution in [1.82, 2.24) is 24.8 Å². The number of benzene rings is 1. The van der Waals surface area contributed by atoms with Crippen LogP contribution in [0.4, 0.5) is 0 Å². The van der Waals surface area contributed by atoms with Crippen molar-refractivity contribution in [3.05, 3.63) is 86.8 Å². The first-order chi connectivity index (χ1) is 14.5. The minimum Gasteiger partial charge on any atom is -0.351 e. The lowest BCUT2D eigenvalue weighted by Gasteiger charge is -2.11. The van der Waals surface area contributed by atoms with E-state index in [-0.39, 0.29) is 23.6 Å². The normalized spacial score (nSPS) is 11.0. The molecular weight excluding hydrogens is 398 g/mol. The van der Waals surface area contributed by atoms with E-state index in [4.69, 9.17) is 0 Å². The number of hydrogen-bond donors (Lipinski definition) is 1. The number of nitrogens with zero attached hydrogens (tertiary/aromatic N) is 4. The van der Waals surface area contributed by atoms with Gasteiger partial charge in [-0.25, -0.2) is 4.98 Å². The summed E-state index contributed by atoms with van der Waals surface area (Å²) in [6.45, 7) is 4.29. The number of para-hydroxylation sites is 1. The van der Waals surface area contributed by atoms with E-state index in [9.17, 15) is 9.59 Å². The average molecular weight is 420 g/mol. The Hall–Kier alpha value is -3.39. The molecule has 152 valence electrons. The zero-order chi connectivity index (χ0) is 21.1. The van der Waals surface area contributed by atoms with Gasteiger partial charge in [0.15, 0.2) is 0 Å². The second-order valence-corrected chi connectivity index (χ2v) is 8.15. The molecule has 0 saturated heterocycles. The third kappa shape index (κ3) is 4.28. The number of nitrogens with one attached hydrogen (secondary N) is 1. The van der Waals surface area contributed by atoms with E-state index in [1.807, 2.05) is 31.2 Å². The van der Waals surface area contributed by atoms with Crippen molar-refractivity contribution < 1.29 is 4.79 Å². The molecule has 1 amide bonds. The fourth-order valence-corrected chi connectivity index (χ4v) is 4.11. The number of carbonyl (C=O) groups is 1. The van der Waals surface area contributed by atoms with Gasteiger partial charge in [-0.15, -0.1) is 11.3 Å². The highest BCUT2D eigenvalue weighted by molar-refractivity contribution is 7.18. The molecule has 7 nitrogen and oxygen atoms in total. The van der Waals surface area contributed by atoms with E-state index in [1.54, 1.807) is 42.9 Å². The highest BCUT2D eigenvalue weighted by Gasteiger charge is 2.16. The van der Waals surface area contributed by atoms with Gasteiger partial charge in [-0.05, 0) is 37.6 Å². The first-order valence-corrected chi connectivity index (χ1v) is 10.4. The number of amides is 1. The summed E-state index contributed by atoms with van der Waals surface area (Å²) in [6.07, 6.45) is 5.59. The van der Waals surface area contributed by atoms with Gasteiger partial charge >= 0.3 is 0 Å². The van der Waals surface area contributed by atoms with Gasteiger partial charge in [0.05, 0.1) is 39.4 Å². The molecule has 0 fully saturated rings. The fourth-order valence-electron chi connectivity index (χ4n) is 3.14. The molecule has 3 heterocycles. The minimum atomic E-state index is -0.372. The number of aromatic nitrogens is 4. The summed E-state index contributed by atoms with van der Waals surface area (Å²) in [6, 6.07) is 9.72. The van der Waals surface area contributed by atoms with Crippen molar-refractivity contribution in [3.8, 4) is 0 Å². The number of hydrogen-bond acceptors (Lipinski definition) is 6. The zero-order valence-corrected chi connectivity index (χ0v) is 17.6. The number of carbonyl (C=O) groups excluding carboxylic acids is 1. The van der Waals surface area contributed by atoms with Crippen LogP contribution in [0.2, 0.25) is 0 Å². The number of aryl methyl sites for hydroxylation is 2. The molecule has 3 aromatic heterocycles. The zero-order valence-electron chi connectivity index (χ0n) is 16.8. The Morgan fingerprint density at radius 1 is 1.13 bits per heavy atom. The van der Waals surface area contributed by atoms with Crippen LogP contribution in [0.5, 0.6) is 0 Å². The summed E-state index contributed by atoms with van der Waals surface area (Å²) in [4.78, 5) is 38.7. The predicted molar refractivity (Wildman–Crippen MR) is 117 cm³/mol. The molecule has 0 aliphatic rings. The van der Waals surface area contributed by atoms with Crippen molar-refractivity contribution in [1.29, 1.82) is 0 Å². The topological polar surface area (TPSA) is 89.8 Å². The van der Waals surface area contributed by atoms with Gasteiger partial charge in [0.1, 0.15) is 5.56 Å². The Morgan fingerprint density at radius 2 is 1.97 bits per heavy atom. The number of rotatable bonds is 6. The molecule has 0 spiro atoms. The number of thiazole rings is 1. The quantitative estimate of drug-likeness (QED) is 0.519. The molecule has 0 saturated carbocycles. The Bertz CT molecular complexity index is 1230. The van der Waals surface area contributed by atoms with Gasteiger partial charge < -0.3 is 9.88 Å². The van der Waals surface area contributed by atoms with Crippen molar-refractivity contribution in [2.24, 2.45) is 0 Å². The van der Waals surface area contributed by atoms with Crippen LogP contribution >= 0.6 is 11.3 Å². The molecule has 8 heteroatoms. The molecule has 0 bridgehead atoms. The summed E-state index contributed by atoms with van der Waals surface area (Å²) >= 11 is 1.61. The predicted octanol–water partition coefficient (Wildman–Crippen LogP) is 2.89. The number of fused-ring (bicyclic) bond motifs is 1. The second kappa shape index (κ2) is 8.54. The molecule has 0 aliphatic carbocycles. The Kier molecular flexibility index (Phi) is 5.67. The molecule has 0 atom stereocenters. The standard InChI is InChI=1S/C22H21N5O2S/c1-14-8-10-27(13-16-12-24-15(2)11-25-16)22(29)20(14)21(28)23-9-7-19-26-17-5-3-4-6-18(17)30-19/h3-6,8,10-12H,7,9,13H2,1-2H3,(H,23,28).